The molecular weight excluding hydrogens is 568 g/mol. The lowest BCUT2D eigenvalue weighted by atomic mass is 9.85. The highest BCUT2D eigenvalue weighted by Crippen LogP contribution is 2.65. The van der Waals surface area contributed by atoms with E-state index in [0.29, 0.717) is 0 Å². The highest BCUT2D eigenvalue weighted by atomic mass is 19.4. The van der Waals surface area contributed by atoms with Crippen LogP contribution in [0.3, 0.4) is 0 Å². The number of alkyl halides is 6. The van der Waals surface area contributed by atoms with E-state index >= 15 is 0 Å². The Morgan fingerprint density at radius 1 is 1.07 bits per heavy atom. The van der Waals surface area contributed by atoms with E-state index in [-0.39, 0.29) is 40.1 Å². The summed E-state index contributed by atoms with van der Waals surface area (Å²) in [7, 11) is 0. The number of nitrogens with zero attached hydrogens (tertiary/aromatic N) is 3. The van der Waals surface area contributed by atoms with Crippen LogP contribution < -0.4 is 10.6 Å². The molecule has 1 saturated carbocycles. The molecule has 0 spiro atoms. The van der Waals surface area contributed by atoms with Gasteiger partial charge in [0, 0.05) is 29.9 Å². The number of amides is 3. The minimum Gasteiger partial charge on any atom is -0.336 e. The number of halogens is 6. The first kappa shape index (κ1) is 31.1. The largest absolute Gasteiger partial charge is 0.471 e. The summed E-state index contributed by atoms with van der Waals surface area (Å²) < 4.78 is 78.8. The molecule has 226 valence electrons. The molecule has 3 amide bonds. The Hall–Kier alpha value is -3.89. The molecule has 4 rings (SSSR count). The van der Waals surface area contributed by atoms with Gasteiger partial charge >= 0.3 is 18.3 Å². The molecule has 8 nitrogen and oxygen atoms in total. The summed E-state index contributed by atoms with van der Waals surface area (Å²) in [4.78, 5) is 44.2. The van der Waals surface area contributed by atoms with Gasteiger partial charge in [-0.05, 0) is 40.2 Å². The molecule has 2 fully saturated rings. The van der Waals surface area contributed by atoms with Crippen LogP contribution in [0.2, 0.25) is 0 Å². The molecule has 0 bridgehead atoms. The summed E-state index contributed by atoms with van der Waals surface area (Å²) in [5.74, 6) is -4.45. The van der Waals surface area contributed by atoms with Crippen LogP contribution >= 0.6 is 0 Å². The Bertz CT molecular complexity index is 1470. The van der Waals surface area contributed by atoms with Gasteiger partial charge in [0.2, 0.25) is 11.8 Å². The first-order chi connectivity index (χ1) is 19.2. The summed E-state index contributed by atoms with van der Waals surface area (Å²) in [5, 5.41) is 14.6. The highest BCUT2D eigenvalue weighted by Gasteiger charge is 2.70. The van der Waals surface area contributed by atoms with Gasteiger partial charge in [-0.15, -0.1) is 0 Å². The standard InChI is InChI=1S/C28H29F6N5O3/c1-25(2,3)21(38-24(42)28(32,33)34)23(41)39-12-17-19(26(17,4)5)20(39)22(40)37-18(9-35)16-11-36-10-13-8-14(27(29,30)31)6-7-15(13)16/h6-8,10-11,17-21H,12H2,1-5H3,(H,37,40)(H,38,42)/t17-,18?,19-,20-,21+/m0/s1. The fourth-order valence-electron chi connectivity index (χ4n) is 5.85. The molecule has 2 aromatic rings. The Balaban J connectivity index is 1.64. The van der Waals surface area contributed by atoms with E-state index in [2.05, 4.69) is 10.3 Å². The van der Waals surface area contributed by atoms with Crippen molar-refractivity contribution in [1.29, 1.82) is 5.26 Å². The molecule has 1 unspecified atom stereocenters. The summed E-state index contributed by atoms with van der Waals surface area (Å²) in [5.41, 5.74) is -2.33. The van der Waals surface area contributed by atoms with Gasteiger partial charge in [0.05, 0.1) is 11.6 Å². The highest BCUT2D eigenvalue weighted by molar-refractivity contribution is 5.95. The zero-order valence-electron chi connectivity index (χ0n) is 23.3. The monoisotopic (exact) mass is 597 g/mol. The van der Waals surface area contributed by atoms with Crippen LogP contribution in [0.4, 0.5) is 26.3 Å². The molecule has 2 heterocycles. The number of hydrogen-bond acceptors (Lipinski definition) is 5. The van der Waals surface area contributed by atoms with Crippen LogP contribution in [0.25, 0.3) is 10.8 Å². The van der Waals surface area contributed by atoms with Crippen molar-refractivity contribution < 1.29 is 40.7 Å². The molecule has 42 heavy (non-hydrogen) atoms. The molecular formula is C28H29F6N5O3. The number of hydrogen-bond donors (Lipinski definition) is 2. The number of carbonyl (C=O) groups excluding carboxylic acids is 3. The van der Waals surface area contributed by atoms with Gasteiger partial charge in [0.25, 0.3) is 0 Å². The Morgan fingerprint density at radius 2 is 1.71 bits per heavy atom. The lowest BCUT2D eigenvalue weighted by Gasteiger charge is -2.37. The fourth-order valence-corrected chi connectivity index (χ4v) is 5.85. The zero-order valence-corrected chi connectivity index (χ0v) is 23.3. The number of piperidine rings is 1. The molecule has 1 saturated heterocycles. The summed E-state index contributed by atoms with van der Waals surface area (Å²) in [6.07, 6.45) is -7.40. The first-order valence-corrected chi connectivity index (χ1v) is 13.0. The third-order valence-electron chi connectivity index (χ3n) is 8.25. The minimum absolute atomic E-state index is 0.0519. The van der Waals surface area contributed by atoms with Gasteiger partial charge in [0.1, 0.15) is 18.1 Å². The molecule has 1 aliphatic carbocycles. The molecule has 1 aromatic carbocycles. The smallest absolute Gasteiger partial charge is 0.336 e. The summed E-state index contributed by atoms with van der Waals surface area (Å²) in [6.45, 7) is 8.25. The maximum Gasteiger partial charge on any atom is 0.471 e. The topological polar surface area (TPSA) is 115 Å². The van der Waals surface area contributed by atoms with E-state index in [1.165, 1.54) is 39.2 Å². The van der Waals surface area contributed by atoms with Crippen molar-refractivity contribution >= 4 is 28.5 Å². The quantitative estimate of drug-likeness (QED) is 0.493. The summed E-state index contributed by atoms with van der Waals surface area (Å²) in [6, 6.07) is 0.661. The van der Waals surface area contributed by atoms with Crippen molar-refractivity contribution in [3.05, 3.63) is 41.7 Å². The normalized spacial score (nSPS) is 23.0. The second kappa shape index (κ2) is 10.1. The van der Waals surface area contributed by atoms with E-state index < -0.39 is 59.2 Å². The first-order valence-electron chi connectivity index (χ1n) is 13.0. The number of aromatic nitrogens is 1. The van der Waals surface area contributed by atoms with Gasteiger partial charge < -0.3 is 15.5 Å². The van der Waals surface area contributed by atoms with Crippen LogP contribution in [-0.4, -0.2) is 52.4 Å². The van der Waals surface area contributed by atoms with Crippen molar-refractivity contribution in [3.63, 3.8) is 0 Å². The molecule has 14 heteroatoms. The second-order valence-corrected chi connectivity index (χ2v) is 12.4. The maximum atomic E-state index is 13.7. The van der Waals surface area contributed by atoms with Gasteiger partial charge in [-0.3, -0.25) is 19.4 Å². The third kappa shape index (κ3) is 5.61. The molecule has 1 aliphatic heterocycles. The Labute approximate surface area is 237 Å². The number of carbonyl (C=O) groups is 3. The van der Waals surface area contributed by atoms with E-state index in [4.69, 9.17) is 0 Å². The lowest BCUT2D eigenvalue weighted by molar-refractivity contribution is -0.176. The number of nitriles is 1. The van der Waals surface area contributed by atoms with Crippen molar-refractivity contribution in [2.24, 2.45) is 22.7 Å². The van der Waals surface area contributed by atoms with Crippen LogP contribution in [0.5, 0.6) is 0 Å². The van der Waals surface area contributed by atoms with E-state index in [9.17, 15) is 46.0 Å². The van der Waals surface area contributed by atoms with Gasteiger partial charge in [0.15, 0.2) is 0 Å². The van der Waals surface area contributed by atoms with Gasteiger partial charge in [-0.1, -0.05) is 40.7 Å². The predicted molar refractivity (Wildman–Crippen MR) is 137 cm³/mol. The maximum absolute atomic E-state index is 13.7. The van der Waals surface area contributed by atoms with Crippen molar-refractivity contribution in [1.82, 2.24) is 20.5 Å². The molecule has 2 N–H and O–H groups in total. The average Bonchev–Trinajstić information content (AvgIpc) is 3.20. The van der Waals surface area contributed by atoms with Crippen LogP contribution in [0.15, 0.2) is 30.6 Å². The summed E-state index contributed by atoms with van der Waals surface area (Å²) >= 11 is 0. The van der Waals surface area contributed by atoms with Crippen LogP contribution in [-0.2, 0) is 20.6 Å². The third-order valence-corrected chi connectivity index (χ3v) is 8.25. The molecule has 0 radical (unpaired) electrons. The number of benzene rings is 1. The van der Waals surface area contributed by atoms with Crippen LogP contribution in [0.1, 0.15) is 51.8 Å². The Morgan fingerprint density at radius 3 is 2.26 bits per heavy atom. The number of pyridine rings is 1. The molecule has 1 aromatic heterocycles. The van der Waals surface area contributed by atoms with Crippen molar-refractivity contribution in [2.45, 2.75) is 65.1 Å². The van der Waals surface area contributed by atoms with Crippen molar-refractivity contribution in [3.8, 4) is 6.07 Å². The number of nitrogens with one attached hydrogen (secondary N) is 2. The molecule has 2 aliphatic rings. The number of fused-ring (bicyclic) bond motifs is 2. The zero-order chi connectivity index (χ0) is 31.6. The fraction of sp³-hybridized carbons (Fsp3) is 0.536. The van der Waals surface area contributed by atoms with E-state index in [0.717, 1.165) is 17.0 Å². The Kier molecular flexibility index (Phi) is 7.49. The SMILES string of the molecule is CC(C)(C)[C@H](NC(=O)C(F)(F)F)C(=O)N1C[C@H]2[C@@H]([C@H]1C(=O)NC(C#N)c1cncc3cc(C(F)(F)F)ccc13)C2(C)C. The van der Waals surface area contributed by atoms with Crippen molar-refractivity contribution in [2.75, 3.05) is 6.54 Å². The van der Waals surface area contributed by atoms with E-state index in [1.54, 1.807) is 5.32 Å². The predicted octanol–water partition coefficient (Wildman–Crippen LogP) is 4.51. The minimum atomic E-state index is -5.23. The van der Waals surface area contributed by atoms with Gasteiger partial charge in [-0.25, -0.2) is 0 Å². The lowest BCUT2D eigenvalue weighted by Crippen LogP contribution is -2.60. The van der Waals surface area contributed by atoms with E-state index in [1.807, 2.05) is 19.9 Å². The van der Waals surface area contributed by atoms with Crippen LogP contribution in [0, 0.1) is 34.0 Å². The average molecular weight is 598 g/mol. The molecule has 5 atom stereocenters. The van der Waals surface area contributed by atoms with Gasteiger partial charge in [-0.2, -0.15) is 31.6 Å². The second-order valence-electron chi connectivity index (χ2n) is 12.4. The number of likely N-dealkylation sites (tertiary alicyclic amines) is 1. The number of rotatable bonds is 5.